The van der Waals surface area contributed by atoms with Gasteiger partial charge in [-0.2, -0.15) is 0 Å². The molecule has 1 unspecified atom stereocenters. The van der Waals surface area contributed by atoms with Crippen molar-refractivity contribution in [3.63, 3.8) is 0 Å². The second-order valence-corrected chi connectivity index (χ2v) is 7.73. The van der Waals surface area contributed by atoms with Gasteiger partial charge in [0.15, 0.2) is 0 Å². The van der Waals surface area contributed by atoms with E-state index in [2.05, 4.69) is 52.0 Å². The van der Waals surface area contributed by atoms with Gasteiger partial charge in [0.2, 0.25) is 0 Å². The van der Waals surface area contributed by atoms with Gasteiger partial charge in [0.05, 0.1) is 0 Å². The molecule has 0 aromatic heterocycles. The molecule has 1 aliphatic carbocycles. The molecule has 0 amide bonds. The molecule has 0 radical (unpaired) electrons. The number of benzene rings is 1. The third kappa shape index (κ3) is 4.59. The minimum atomic E-state index is 0.636. The molecule has 1 aromatic rings. The molecule has 1 fully saturated rings. The first-order valence-corrected chi connectivity index (χ1v) is 9.18. The van der Waals surface area contributed by atoms with Gasteiger partial charge >= 0.3 is 0 Å². The van der Waals surface area contributed by atoms with Gasteiger partial charge in [0, 0.05) is 0 Å². The van der Waals surface area contributed by atoms with Crippen molar-refractivity contribution in [3.8, 4) is 0 Å². The molecule has 21 heavy (non-hydrogen) atoms. The Kier molecular flexibility index (Phi) is 6.33. The van der Waals surface area contributed by atoms with Gasteiger partial charge in [-0.3, -0.25) is 0 Å². The van der Waals surface area contributed by atoms with Crippen LogP contribution < -0.4 is 0 Å². The zero-order valence-electron chi connectivity index (χ0n) is 14.6. The van der Waals surface area contributed by atoms with Crippen LogP contribution in [0, 0.1) is 11.8 Å². The van der Waals surface area contributed by atoms with E-state index in [1.54, 1.807) is 11.1 Å². The maximum atomic E-state index is 2.42. The van der Waals surface area contributed by atoms with Crippen LogP contribution in [-0.4, -0.2) is 0 Å². The van der Waals surface area contributed by atoms with Crippen molar-refractivity contribution in [2.75, 3.05) is 0 Å². The van der Waals surface area contributed by atoms with Crippen LogP contribution in [0.25, 0.3) is 0 Å². The smallest absolute Gasteiger partial charge is 0.0133 e. The molecule has 0 saturated heterocycles. The number of hydrogen-bond donors (Lipinski definition) is 0. The normalized spacial score (nSPS) is 19.0. The Balaban J connectivity index is 2.18. The SMILES string of the molecule is CC(C)c1ccccc1C(CC1CCCCCC1)C(C)C. The van der Waals surface area contributed by atoms with Crippen LogP contribution in [0.2, 0.25) is 0 Å². The lowest BCUT2D eigenvalue weighted by molar-refractivity contribution is 0.342. The molecule has 2 rings (SSSR count). The molecule has 0 heteroatoms. The van der Waals surface area contributed by atoms with E-state index in [0.29, 0.717) is 5.92 Å². The minimum absolute atomic E-state index is 0.636. The lowest BCUT2D eigenvalue weighted by Gasteiger charge is -2.29. The quantitative estimate of drug-likeness (QED) is 0.516. The first-order valence-electron chi connectivity index (χ1n) is 9.18. The third-order valence-corrected chi connectivity index (χ3v) is 5.38. The number of rotatable bonds is 5. The van der Waals surface area contributed by atoms with E-state index < -0.39 is 0 Å². The fraction of sp³-hybridized carbons (Fsp3) is 0.714. The minimum Gasteiger partial charge on any atom is -0.0622 e. The highest BCUT2D eigenvalue weighted by Gasteiger charge is 2.24. The monoisotopic (exact) mass is 286 g/mol. The van der Waals surface area contributed by atoms with Crippen molar-refractivity contribution in [1.29, 1.82) is 0 Å². The van der Waals surface area contributed by atoms with E-state index in [4.69, 9.17) is 0 Å². The van der Waals surface area contributed by atoms with Crippen LogP contribution in [0.1, 0.15) is 95.6 Å². The molecule has 118 valence electrons. The fourth-order valence-electron chi connectivity index (χ4n) is 4.09. The molecule has 0 bridgehead atoms. The Morgan fingerprint density at radius 2 is 1.43 bits per heavy atom. The van der Waals surface area contributed by atoms with Gasteiger partial charge in [0.1, 0.15) is 0 Å². The predicted octanol–water partition coefficient (Wildman–Crippen LogP) is 6.91. The highest BCUT2D eigenvalue weighted by Crippen LogP contribution is 2.39. The standard InChI is InChI=1S/C21H34/c1-16(2)19-13-9-10-14-20(19)21(17(3)4)15-18-11-7-5-6-8-12-18/h9-10,13-14,16-18,21H,5-8,11-12,15H2,1-4H3. The second kappa shape index (κ2) is 8.01. The van der Waals surface area contributed by atoms with E-state index in [0.717, 1.165) is 17.8 Å². The number of hydrogen-bond acceptors (Lipinski definition) is 0. The van der Waals surface area contributed by atoms with E-state index in [9.17, 15) is 0 Å². The predicted molar refractivity (Wildman–Crippen MR) is 93.9 cm³/mol. The summed E-state index contributed by atoms with van der Waals surface area (Å²) in [5.74, 6) is 3.08. The molecular formula is C21H34. The van der Waals surface area contributed by atoms with Crippen molar-refractivity contribution < 1.29 is 0 Å². The molecule has 0 aliphatic heterocycles. The summed E-state index contributed by atoms with van der Waals surface area (Å²) >= 11 is 0. The molecule has 0 heterocycles. The summed E-state index contributed by atoms with van der Waals surface area (Å²) in [6, 6.07) is 9.20. The molecule has 1 aliphatic rings. The average molecular weight is 287 g/mol. The molecule has 0 nitrogen and oxygen atoms in total. The largest absolute Gasteiger partial charge is 0.0622 e. The van der Waals surface area contributed by atoms with Gasteiger partial charge < -0.3 is 0 Å². The highest BCUT2D eigenvalue weighted by atomic mass is 14.3. The van der Waals surface area contributed by atoms with E-state index in [1.807, 2.05) is 0 Å². The van der Waals surface area contributed by atoms with Crippen LogP contribution >= 0.6 is 0 Å². The summed E-state index contributed by atoms with van der Waals surface area (Å²) in [5.41, 5.74) is 3.21. The Labute approximate surface area is 132 Å². The van der Waals surface area contributed by atoms with E-state index in [1.165, 1.54) is 44.9 Å². The van der Waals surface area contributed by atoms with E-state index in [-0.39, 0.29) is 0 Å². The van der Waals surface area contributed by atoms with E-state index >= 15 is 0 Å². The molecule has 1 aromatic carbocycles. The Hall–Kier alpha value is -0.780. The first-order chi connectivity index (χ1) is 10.1. The van der Waals surface area contributed by atoms with Crippen molar-refractivity contribution in [1.82, 2.24) is 0 Å². The van der Waals surface area contributed by atoms with Gasteiger partial charge in [-0.15, -0.1) is 0 Å². The fourth-order valence-corrected chi connectivity index (χ4v) is 4.09. The summed E-state index contributed by atoms with van der Waals surface area (Å²) < 4.78 is 0. The van der Waals surface area contributed by atoms with Crippen molar-refractivity contribution in [2.45, 2.75) is 84.5 Å². The first kappa shape index (κ1) is 16.6. The molecule has 0 spiro atoms. The lowest BCUT2D eigenvalue weighted by Crippen LogP contribution is -2.15. The summed E-state index contributed by atoms with van der Waals surface area (Å²) in [6.07, 6.45) is 10.2. The summed E-state index contributed by atoms with van der Waals surface area (Å²) in [6.45, 7) is 9.50. The van der Waals surface area contributed by atoms with Crippen molar-refractivity contribution in [3.05, 3.63) is 35.4 Å². The van der Waals surface area contributed by atoms with Crippen LogP contribution in [0.5, 0.6) is 0 Å². The zero-order valence-corrected chi connectivity index (χ0v) is 14.6. The van der Waals surface area contributed by atoms with Crippen molar-refractivity contribution >= 4 is 0 Å². The maximum absolute atomic E-state index is 2.42. The van der Waals surface area contributed by atoms with Gasteiger partial charge in [0.25, 0.3) is 0 Å². The third-order valence-electron chi connectivity index (χ3n) is 5.38. The summed E-state index contributed by atoms with van der Waals surface area (Å²) in [5, 5.41) is 0. The van der Waals surface area contributed by atoms with Crippen molar-refractivity contribution in [2.24, 2.45) is 11.8 Å². The molecular weight excluding hydrogens is 252 g/mol. The zero-order chi connectivity index (χ0) is 15.2. The Bertz CT molecular complexity index is 408. The van der Waals surface area contributed by atoms with Crippen LogP contribution in [0.4, 0.5) is 0 Å². The average Bonchev–Trinajstić information content (AvgIpc) is 2.73. The topological polar surface area (TPSA) is 0 Å². The maximum Gasteiger partial charge on any atom is -0.0133 e. The van der Waals surface area contributed by atoms with Crippen LogP contribution in [0.15, 0.2) is 24.3 Å². The molecule has 0 N–H and O–H groups in total. The van der Waals surface area contributed by atoms with Gasteiger partial charge in [-0.25, -0.2) is 0 Å². The molecule has 1 saturated carbocycles. The van der Waals surface area contributed by atoms with Gasteiger partial charge in [-0.1, -0.05) is 90.5 Å². The highest BCUT2D eigenvalue weighted by molar-refractivity contribution is 5.33. The Morgan fingerprint density at radius 3 is 1.95 bits per heavy atom. The summed E-state index contributed by atoms with van der Waals surface area (Å²) in [7, 11) is 0. The molecule has 1 atom stereocenters. The van der Waals surface area contributed by atoms with Crippen LogP contribution in [0.3, 0.4) is 0 Å². The second-order valence-electron chi connectivity index (χ2n) is 7.73. The Morgan fingerprint density at radius 1 is 0.857 bits per heavy atom. The van der Waals surface area contributed by atoms with Gasteiger partial charge in [-0.05, 0) is 41.2 Å². The summed E-state index contributed by atoms with van der Waals surface area (Å²) in [4.78, 5) is 0. The van der Waals surface area contributed by atoms with Crippen LogP contribution in [-0.2, 0) is 0 Å². The lowest BCUT2D eigenvalue weighted by atomic mass is 9.76.